The summed E-state index contributed by atoms with van der Waals surface area (Å²) in [5.41, 5.74) is 5.75. The Bertz CT molecular complexity index is 581. The third-order valence-corrected chi connectivity index (χ3v) is 2.72. The number of aromatic nitrogens is 3. The van der Waals surface area contributed by atoms with E-state index in [1.165, 1.54) is 0 Å². The molecule has 1 fully saturated rings. The van der Waals surface area contributed by atoms with Crippen molar-refractivity contribution in [3.05, 3.63) is 36.1 Å². The van der Waals surface area contributed by atoms with Crippen LogP contribution in [0.25, 0.3) is 0 Å². The van der Waals surface area contributed by atoms with Crippen molar-refractivity contribution in [1.29, 1.82) is 0 Å². The van der Waals surface area contributed by atoms with Gasteiger partial charge in [-0.2, -0.15) is 4.98 Å². The van der Waals surface area contributed by atoms with E-state index in [9.17, 15) is 0 Å². The van der Waals surface area contributed by atoms with Gasteiger partial charge in [0.1, 0.15) is 12.4 Å². The molecule has 0 amide bonds. The summed E-state index contributed by atoms with van der Waals surface area (Å²) in [6, 6.07) is 5.50. The molecular weight excluding hydrogens is 371 g/mol. The van der Waals surface area contributed by atoms with Crippen LogP contribution in [-0.4, -0.2) is 21.1 Å². The van der Waals surface area contributed by atoms with E-state index < -0.39 is 0 Å². The Labute approximate surface area is 133 Å². The van der Waals surface area contributed by atoms with E-state index in [1.54, 1.807) is 6.20 Å². The summed E-state index contributed by atoms with van der Waals surface area (Å²) in [6.45, 7) is 0.294. The molecule has 1 saturated carbocycles. The van der Waals surface area contributed by atoms with Crippen molar-refractivity contribution < 1.29 is 4.52 Å². The molecule has 0 bridgehead atoms. The molecule has 0 atom stereocenters. The fourth-order valence-corrected chi connectivity index (χ4v) is 1.59. The molecule has 0 aromatic carbocycles. The largest absolute Gasteiger partial charge is 0.370 e. The minimum atomic E-state index is 0. The highest BCUT2D eigenvalue weighted by Gasteiger charge is 2.29. The highest BCUT2D eigenvalue weighted by Crippen LogP contribution is 2.38. The van der Waals surface area contributed by atoms with Crippen molar-refractivity contribution in [2.24, 2.45) is 10.7 Å². The molecule has 3 rings (SSSR count). The molecule has 106 valence electrons. The monoisotopic (exact) mass is 386 g/mol. The highest BCUT2D eigenvalue weighted by atomic mass is 127. The van der Waals surface area contributed by atoms with Crippen molar-refractivity contribution in [3.63, 3.8) is 0 Å². The van der Waals surface area contributed by atoms with Gasteiger partial charge in [0, 0.05) is 12.1 Å². The Morgan fingerprint density at radius 2 is 2.30 bits per heavy atom. The van der Waals surface area contributed by atoms with Crippen molar-refractivity contribution >= 4 is 35.8 Å². The van der Waals surface area contributed by atoms with Crippen molar-refractivity contribution in [2.45, 2.75) is 25.3 Å². The zero-order chi connectivity index (χ0) is 13.1. The Morgan fingerprint density at radius 3 is 3.00 bits per heavy atom. The molecule has 0 saturated heterocycles. The Kier molecular flexibility index (Phi) is 4.88. The highest BCUT2D eigenvalue weighted by molar-refractivity contribution is 14.0. The Morgan fingerprint density at radius 1 is 1.45 bits per heavy atom. The lowest BCUT2D eigenvalue weighted by molar-refractivity contribution is 0.374. The maximum Gasteiger partial charge on any atom is 0.229 e. The average Bonchev–Trinajstić information content (AvgIpc) is 3.17. The van der Waals surface area contributed by atoms with Crippen LogP contribution in [0.2, 0.25) is 0 Å². The van der Waals surface area contributed by atoms with Crippen molar-refractivity contribution in [3.8, 4) is 0 Å². The van der Waals surface area contributed by atoms with Gasteiger partial charge in [-0.15, -0.1) is 24.0 Å². The van der Waals surface area contributed by atoms with Crippen LogP contribution in [0.1, 0.15) is 30.5 Å². The normalized spacial score (nSPS) is 14.7. The van der Waals surface area contributed by atoms with E-state index >= 15 is 0 Å². The van der Waals surface area contributed by atoms with Gasteiger partial charge in [0.25, 0.3) is 0 Å². The van der Waals surface area contributed by atoms with Crippen LogP contribution in [0, 0.1) is 0 Å². The third kappa shape index (κ3) is 3.89. The Balaban J connectivity index is 0.00000147. The molecule has 0 spiro atoms. The summed E-state index contributed by atoms with van der Waals surface area (Å²) in [6.07, 6.45) is 3.94. The number of hydrogen-bond acceptors (Lipinski definition) is 5. The number of hydrogen-bond donors (Lipinski definition) is 2. The standard InChI is InChI=1S/C12H14N6O.HI/c13-12(17-9-3-1-2-6-14-9)15-7-10-16-11(19-18-10)8-4-5-8;/h1-3,6,8H,4-5,7H2,(H3,13,14,15,17);1H. The van der Waals surface area contributed by atoms with E-state index in [2.05, 4.69) is 25.4 Å². The summed E-state index contributed by atoms with van der Waals surface area (Å²) in [4.78, 5) is 12.5. The fourth-order valence-electron chi connectivity index (χ4n) is 1.59. The first-order valence-electron chi connectivity index (χ1n) is 6.12. The maximum absolute atomic E-state index is 5.75. The molecule has 1 aliphatic rings. The molecule has 20 heavy (non-hydrogen) atoms. The number of pyridine rings is 1. The van der Waals surface area contributed by atoms with Gasteiger partial charge in [-0.25, -0.2) is 9.98 Å². The number of aliphatic imine (C=N–C) groups is 1. The van der Waals surface area contributed by atoms with Gasteiger partial charge in [-0.1, -0.05) is 11.2 Å². The number of nitrogens with zero attached hydrogens (tertiary/aromatic N) is 4. The molecule has 2 aromatic rings. The number of nitrogens with one attached hydrogen (secondary N) is 1. The van der Waals surface area contributed by atoms with E-state index in [0.29, 0.717) is 30.0 Å². The first kappa shape index (κ1) is 14.7. The van der Waals surface area contributed by atoms with Crippen LogP contribution in [0.5, 0.6) is 0 Å². The number of nitrogens with two attached hydrogens (primary N) is 1. The maximum atomic E-state index is 5.75. The van der Waals surface area contributed by atoms with Crippen LogP contribution in [0.4, 0.5) is 5.82 Å². The van der Waals surface area contributed by atoms with Crippen LogP contribution in [0.3, 0.4) is 0 Å². The van der Waals surface area contributed by atoms with Crippen molar-refractivity contribution in [1.82, 2.24) is 15.1 Å². The summed E-state index contributed by atoms with van der Waals surface area (Å²) in [5.74, 6) is 2.63. The van der Waals surface area contributed by atoms with Crippen LogP contribution in [-0.2, 0) is 6.54 Å². The van der Waals surface area contributed by atoms with Crippen LogP contribution in [0.15, 0.2) is 33.9 Å². The number of guanidine groups is 1. The summed E-state index contributed by atoms with van der Waals surface area (Å²) in [7, 11) is 0. The molecular formula is C12H15IN6O. The molecule has 0 radical (unpaired) electrons. The number of halogens is 1. The molecule has 3 N–H and O–H groups in total. The van der Waals surface area contributed by atoms with Gasteiger partial charge in [0.15, 0.2) is 11.8 Å². The third-order valence-electron chi connectivity index (χ3n) is 2.72. The van der Waals surface area contributed by atoms with Gasteiger partial charge < -0.3 is 15.6 Å². The molecule has 7 nitrogen and oxygen atoms in total. The molecule has 0 unspecified atom stereocenters. The smallest absolute Gasteiger partial charge is 0.229 e. The molecule has 1 aliphatic carbocycles. The lowest BCUT2D eigenvalue weighted by atomic mass is 10.4. The van der Waals surface area contributed by atoms with Gasteiger partial charge in [-0.3, -0.25) is 0 Å². The van der Waals surface area contributed by atoms with E-state index in [-0.39, 0.29) is 29.9 Å². The second-order valence-electron chi connectivity index (χ2n) is 4.36. The zero-order valence-corrected chi connectivity index (χ0v) is 13.0. The minimum Gasteiger partial charge on any atom is -0.370 e. The van der Waals surface area contributed by atoms with Crippen LogP contribution >= 0.6 is 24.0 Å². The predicted octanol–water partition coefficient (Wildman–Crippen LogP) is 1.89. The van der Waals surface area contributed by atoms with Gasteiger partial charge in [-0.05, 0) is 25.0 Å². The van der Waals surface area contributed by atoms with Crippen LogP contribution < -0.4 is 11.1 Å². The van der Waals surface area contributed by atoms with Gasteiger partial charge in [0.05, 0.1) is 0 Å². The molecule has 8 heteroatoms. The average molecular weight is 386 g/mol. The minimum absolute atomic E-state index is 0. The summed E-state index contributed by atoms with van der Waals surface area (Å²) >= 11 is 0. The lowest BCUT2D eigenvalue weighted by Gasteiger charge is -2.02. The number of anilines is 1. The topological polar surface area (TPSA) is 102 Å². The van der Waals surface area contributed by atoms with E-state index in [1.807, 2.05) is 18.2 Å². The number of rotatable bonds is 4. The van der Waals surface area contributed by atoms with E-state index in [0.717, 1.165) is 12.8 Å². The lowest BCUT2D eigenvalue weighted by Crippen LogP contribution is -2.23. The van der Waals surface area contributed by atoms with E-state index in [4.69, 9.17) is 10.3 Å². The van der Waals surface area contributed by atoms with Gasteiger partial charge in [0.2, 0.25) is 5.89 Å². The zero-order valence-electron chi connectivity index (χ0n) is 10.7. The second-order valence-corrected chi connectivity index (χ2v) is 4.36. The SMILES string of the molecule is I.NC(=NCc1noc(C2CC2)n1)Nc1ccccn1. The second kappa shape index (κ2) is 6.64. The Hall–Kier alpha value is -1.71. The molecule has 2 heterocycles. The predicted molar refractivity (Wildman–Crippen MR) is 84.9 cm³/mol. The van der Waals surface area contributed by atoms with Crippen molar-refractivity contribution in [2.75, 3.05) is 5.32 Å². The summed E-state index contributed by atoms with van der Waals surface area (Å²) < 4.78 is 5.14. The fraction of sp³-hybridized carbons (Fsp3) is 0.333. The quantitative estimate of drug-likeness (QED) is 0.473. The first-order chi connectivity index (χ1) is 9.31. The molecule has 2 aromatic heterocycles. The summed E-state index contributed by atoms with van der Waals surface area (Å²) in [5, 5.41) is 6.75. The molecule has 0 aliphatic heterocycles. The van der Waals surface area contributed by atoms with Gasteiger partial charge >= 0.3 is 0 Å². The first-order valence-corrected chi connectivity index (χ1v) is 6.12.